The lowest BCUT2D eigenvalue weighted by molar-refractivity contribution is -0.0629. The van der Waals surface area contributed by atoms with E-state index in [0.29, 0.717) is 22.9 Å². The molecule has 0 aliphatic heterocycles. The molecule has 2 heterocycles. The van der Waals surface area contributed by atoms with Crippen molar-refractivity contribution in [2.24, 2.45) is 0 Å². The molecule has 0 bridgehead atoms. The SMILES string of the molecule is [2H]C([2H])(O)CO[C@@]1([2H])C([2H])([2H])[C@@]([2H])(n2nnc3c(N[C@@H]4C[C@@]4([2H])c4ccc(C)c(F)c4)nc(SC([2H])([2H])CC)nc32)[C@]([2H])(O)[C@]1([2H])O. The van der Waals surface area contributed by atoms with Gasteiger partial charge in [-0.05, 0) is 37.0 Å². The van der Waals surface area contributed by atoms with Crippen LogP contribution in [-0.4, -0.2) is 83.4 Å². The molecule has 1 aromatic carbocycles. The van der Waals surface area contributed by atoms with E-state index in [1.54, 1.807) is 19.9 Å². The molecule has 5 rings (SSSR count). The monoisotopic (exact) mass is 529 g/mol. The zero-order chi connectivity index (χ0) is 35.4. The van der Waals surface area contributed by atoms with E-state index in [1.807, 2.05) is 0 Å². The van der Waals surface area contributed by atoms with E-state index in [4.69, 9.17) is 19.8 Å². The van der Waals surface area contributed by atoms with Crippen LogP contribution in [0.3, 0.4) is 0 Å². The molecule has 2 saturated carbocycles. The number of anilines is 1. The molecule has 0 unspecified atom stereocenters. The molecule has 6 atom stereocenters. The summed E-state index contributed by atoms with van der Waals surface area (Å²) in [5.74, 6) is -2.04. The molecule has 0 spiro atoms. The standard InChI is InChI=1S/C24H31FN6O4S/c1-3-8-36-24-27-22(26-16-10-14(16)13-5-4-12(2)15(25)9-13)19-23(28-24)31(30-29-19)17-11-18(35-7-6-32)21(34)20(17)33/h4-5,9,14,16-18,20-21,32-34H,3,6-8,10-11H2,1-2H3,(H,26,27,28)/t14-,16+,17+,18-,20-,21+/m0/s1/i6D2,8D2,11D2,14D,17D,18D,20D,21D. The molecule has 3 aromatic rings. The topological polar surface area (TPSA) is 138 Å². The highest BCUT2D eigenvalue weighted by molar-refractivity contribution is 7.99. The quantitative estimate of drug-likeness (QED) is 0.228. The minimum Gasteiger partial charge on any atom is -0.394 e. The highest BCUT2D eigenvalue weighted by atomic mass is 32.2. The van der Waals surface area contributed by atoms with Crippen molar-refractivity contribution < 1.29 is 39.5 Å². The van der Waals surface area contributed by atoms with E-state index in [1.165, 1.54) is 12.1 Å². The number of aromatic nitrogens is 5. The first-order valence-electron chi connectivity index (χ1n) is 16.5. The van der Waals surface area contributed by atoms with Gasteiger partial charge in [0.1, 0.15) is 18.0 Å². The number of thioether (sulfide) groups is 1. The van der Waals surface area contributed by atoms with Crippen molar-refractivity contribution in [3.05, 3.63) is 35.1 Å². The van der Waals surface area contributed by atoms with Gasteiger partial charge in [-0.1, -0.05) is 36.0 Å². The predicted molar refractivity (Wildman–Crippen MR) is 133 cm³/mol. The Morgan fingerprint density at radius 3 is 2.94 bits per heavy atom. The molecule has 2 fully saturated rings. The third-order valence-corrected chi connectivity index (χ3v) is 6.31. The minimum atomic E-state index is -4.04. The van der Waals surface area contributed by atoms with Crippen molar-refractivity contribution in [2.75, 3.05) is 24.2 Å². The minimum absolute atomic E-state index is 0.0306. The van der Waals surface area contributed by atoms with Gasteiger partial charge in [0.15, 0.2) is 22.1 Å². The fourth-order valence-corrected chi connectivity index (χ4v) is 4.15. The summed E-state index contributed by atoms with van der Waals surface area (Å²) in [6, 6.07) is -0.0735. The Bertz CT molecular complexity index is 1730. The Labute approximate surface area is 227 Å². The molecule has 4 N–H and O–H groups in total. The van der Waals surface area contributed by atoms with Gasteiger partial charge in [-0.15, -0.1) is 5.10 Å². The van der Waals surface area contributed by atoms with E-state index in [0.717, 1.165) is 0 Å². The van der Waals surface area contributed by atoms with Crippen LogP contribution in [-0.2, 0) is 4.74 Å². The van der Waals surface area contributed by atoms with Gasteiger partial charge < -0.3 is 25.4 Å². The summed E-state index contributed by atoms with van der Waals surface area (Å²) in [7, 11) is 0. The number of ether oxygens (including phenoxy) is 1. The maximum absolute atomic E-state index is 14.3. The van der Waals surface area contributed by atoms with Gasteiger partial charge in [-0.3, -0.25) is 0 Å². The summed E-state index contributed by atoms with van der Waals surface area (Å²) < 4.78 is 111. The van der Waals surface area contributed by atoms with E-state index < -0.39 is 72.9 Å². The average Bonchev–Trinajstić information content (AvgIpc) is 3.39. The summed E-state index contributed by atoms with van der Waals surface area (Å²) in [5.41, 5.74) is -2.19. The van der Waals surface area contributed by atoms with E-state index >= 15 is 0 Å². The van der Waals surface area contributed by atoms with Gasteiger partial charge in [0.05, 0.1) is 33.5 Å². The highest BCUT2D eigenvalue weighted by Crippen LogP contribution is 2.44. The molecule has 36 heavy (non-hydrogen) atoms. The highest BCUT2D eigenvalue weighted by Gasteiger charge is 2.45. The number of aliphatic hydroxyl groups is 3. The number of nitrogens with one attached hydrogen (secondary N) is 1. The third kappa shape index (κ3) is 4.92. The molecule has 0 amide bonds. The zero-order valence-electron chi connectivity index (χ0n) is 30.2. The van der Waals surface area contributed by atoms with E-state index in [9.17, 15) is 19.7 Å². The third-order valence-electron chi connectivity index (χ3n) is 5.51. The van der Waals surface area contributed by atoms with E-state index in [-0.39, 0.29) is 34.0 Å². The molecular formula is C24H31FN6O4S. The van der Waals surface area contributed by atoms with Crippen LogP contribution < -0.4 is 5.32 Å². The van der Waals surface area contributed by atoms with Crippen LogP contribution in [0.1, 0.15) is 64.3 Å². The van der Waals surface area contributed by atoms with Crippen molar-refractivity contribution in [3.8, 4) is 0 Å². The molecule has 194 valence electrons. The second kappa shape index (κ2) is 10.5. The summed E-state index contributed by atoms with van der Waals surface area (Å²) in [6.07, 6.45) is -15.6. The van der Waals surface area contributed by atoms with Crippen LogP contribution in [0.2, 0.25) is 0 Å². The molecule has 0 saturated heterocycles. The summed E-state index contributed by atoms with van der Waals surface area (Å²) in [5, 5.41) is 41.9. The number of fused-ring (bicyclic) bond motifs is 1. The van der Waals surface area contributed by atoms with Gasteiger partial charge in [-0.25, -0.2) is 19.0 Å². The molecule has 2 aliphatic rings. The molecule has 10 nitrogen and oxygen atoms in total. The average molecular weight is 530 g/mol. The lowest BCUT2D eigenvalue weighted by Crippen LogP contribution is -2.33. The first-order chi connectivity index (χ1) is 21.3. The first-order valence-corrected chi connectivity index (χ1v) is 11.8. The summed E-state index contributed by atoms with van der Waals surface area (Å²) >= 11 is 0.510. The number of nitrogens with zero attached hydrogens (tertiary/aromatic N) is 5. The Morgan fingerprint density at radius 1 is 1.36 bits per heavy atom. The fraction of sp³-hybridized carbons (Fsp3) is 0.583. The van der Waals surface area contributed by atoms with Crippen molar-refractivity contribution in [1.29, 1.82) is 0 Å². The van der Waals surface area contributed by atoms with Crippen LogP contribution in [0.4, 0.5) is 10.2 Å². The molecule has 2 aromatic heterocycles. The van der Waals surface area contributed by atoms with E-state index in [2.05, 4.69) is 25.6 Å². The summed E-state index contributed by atoms with van der Waals surface area (Å²) in [4.78, 5) is 8.46. The van der Waals surface area contributed by atoms with Gasteiger partial charge >= 0.3 is 0 Å². The van der Waals surface area contributed by atoms with Crippen LogP contribution >= 0.6 is 11.8 Å². The van der Waals surface area contributed by atoms with Crippen LogP contribution in [0.15, 0.2) is 23.4 Å². The lowest BCUT2D eigenvalue weighted by Gasteiger charge is -2.17. The van der Waals surface area contributed by atoms with Crippen molar-refractivity contribution in [1.82, 2.24) is 25.0 Å². The number of halogens is 1. The lowest BCUT2D eigenvalue weighted by atomic mass is 10.1. The maximum Gasteiger partial charge on any atom is 0.191 e. The van der Waals surface area contributed by atoms with Crippen LogP contribution in [0.5, 0.6) is 0 Å². The molecule has 0 radical (unpaired) electrons. The van der Waals surface area contributed by atoms with Gasteiger partial charge in [0.25, 0.3) is 0 Å². The van der Waals surface area contributed by atoms with Crippen molar-refractivity contribution >= 4 is 28.7 Å². The zero-order valence-corrected chi connectivity index (χ0v) is 20.0. The van der Waals surface area contributed by atoms with Gasteiger partial charge in [0, 0.05) is 30.9 Å². The number of rotatable bonds is 10. The predicted octanol–water partition coefficient (Wildman–Crippen LogP) is 2.18. The van der Waals surface area contributed by atoms with Gasteiger partial charge in [0.2, 0.25) is 0 Å². The smallest absolute Gasteiger partial charge is 0.191 e. The number of aryl methyl sites for hydroxylation is 1. The molecule has 2 aliphatic carbocycles. The number of hydrogen-bond acceptors (Lipinski definition) is 10. The Balaban J connectivity index is 1.66. The Kier molecular flexibility index (Phi) is 4.43. The molecular weight excluding hydrogens is 487 g/mol. The maximum atomic E-state index is 14.3. The Hall–Kier alpha value is -2.38. The normalized spacial score (nSPS) is 44.5. The Morgan fingerprint density at radius 2 is 2.19 bits per heavy atom. The second-order valence-electron chi connectivity index (χ2n) is 7.97. The molecule has 12 heteroatoms. The summed E-state index contributed by atoms with van der Waals surface area (Å²) in [6.45, 7) is -1.61. The first kappa shape index (κ1) is 15.1. The number of benzene rings is 1. The van der Waals surface area contributed by atoms with Crippen LogP contribution in [0, 0.1) is 12.7 Å². The van der Waals surface area contributed by atoms with Gasteiger partial charge in [-0.2, -0.15) is 0 Å². The largest absolute Gasteiger partial charge is 0.394 e. The van der Waals surface area contributed by atoms with Crippen molar-refractivity contribution in [3.63, 3.8) is 0 Å². The fourth-order valence-electron chi connectivity index (χ4n) is 3.61. The van der Waals surface area contributed by atoms with Crippen LogP contribution in [0.25, 0.3) is 11.2 Å². The number of hydrogen-bond donors (Lipinski definition) is 4. The van der Waals surface area contributed by atoms with Crippen molar-refractivity contribution in [2.45, 2.75) is 74.4 Å². The second-order valence-corrected chi connectivity index (χ2v) is 8.82.